The van der Waals surface area contributed by atoms with Crippen LogP contribution in [-0.2, 0) is 29.7 Å². The monoisotopic (exact) mass is 636 g/mol. The van der Waals surface area contributed by atoms with Gasteiger partial charge in [-0.15, -0.1) is 0 Å². The van der Waals surface area contributed by atoms with Crippen LogP contribution in [0.3, 0.4) is 0 Å². The van der Waals surface area contributed by atoms with Gasteiger partial charge in [-0.25, -0.2) is 4.98 Å². The largest absolute Gasteiger partial charge is 0.496 e. The Hall–Kier alpha value is -5.39. The normalized spacial score (nSPS) is 17.4. The Morgan fingerprint density at radius 2 is 1.72 bits per heavy atom. The summed E-state index contributed by atoms with van der Waals surface area (Å²) in [5.74, 6) is 1.17. The van der Waals surface area contributed by atoms with Crippen LogP contribution < -0.4 is 30.1 Å². The minimum Gasteiger partial charge on any atom is -0.496 e. The molecular formula is C35H36N6O6. The van der Waals surface area contributed by atoms with Gasteiger partial charge >= 0.3 is 0 Å². The third-order valence-corrected chi connectivity index (χ3v) is 9.50. The molecule has 3 aliphatic rings. The summed E-state index contributed by atoms with van der Waals surface area (Å²) < 4.78 is 13.4. The fraction of sp³-hybridized carbons (Fsp3) is 0.343. The van der Waals surface area contributed by atoms with Gasteiger partial charge in [0.25, 0.3) is 11.5 Å². The highest BCUT2D eigenvalue weighted by molar-refractivity contribution is 6.05. The zero-order valence-corrected chi connectivity index (χ0v) is 26.8. The van der Waals surface area contributed by atoms with Crippen LogP contribution in [-0.4, -0.2) is 72.6 Å². The Morgan fingerprint density at radius 3 is 2.38 bits per heavy atom. The molecule has 3 amide bonds. The highest BCUT2D eigenvalue weighted by Gasteiger charge is 2.39. The van der Waals surface area contributed by atoms with Crippen LogP contribution >= 0.6 is 0 Å². The van der Waals surface area contributed by atoms with Gasteiger partial charge in [-0.3, -0.25) is 24.5 Å². The summed E-state index contributed by atoms with van der Waals surface area (Å²) in [5.41, 5.74) is 4.70. The van der Waals surface area contributed by atoms with Crippen molar-refractivity contribution in [2.75, 3.05) is 44.2 Å². The van der Waals surface area contributed by atoms with E-state index in [0.717, 1.165) is 58.7 Å². The van der Waals surface area contributed by atoms with Gasteiger partial charge in [0, 0.05) is 81.3 Å². The van der Waals surface area contributed by atoms with Crippen molar-refractivity contribution in [1.29, 1.82) is 0 Å². The van der Waals surface area contributed by atoms with Gasteiger partial charge in [0.15, 0.2) is 0 Å². The number of piperidine rings is 1. The van der Waals surface area contributed by atoms with E-state index < -0.39 is 11.9 Å². The molecule has 0 radical (unpaired) electrons. The second kappa shape index (κ2) is 11.8. The number of aromatic nitrogens is 2. The molecule has 5 heterocycles. The first kappa shape index (κ1) is 30.3. The Labute approximate surface area is 271 Å². The average Bonchev–Trinajstić information content (AvgIpc) is 3.36. The zero-order valence-electron chi connectivity index (χ0n) is 26.8. The highest BCUT2D eigenvalue weighted by Crippen LogP contribution is 2.39. The molecule has 1 atom stereocenters. The van der Waals surface area contributed by atoms with E-state index in [1.54, 1.807) is 43.0 Å². The highest BCUT2D eigenvalue weighted by atomic mass is 16.5. The molecule has 7 rings (SSSR count). The average molecular weight is 637 g/mol. The van der Waals surface area contributed by atoms with Crippen molar-refractivity contribution < 1.29 is 23.9 Å². The van der Waals surface area contributed by atoms with Crippen LogP contribution in [0.2, 0.25) is 0 Å². The molecule has 0 saturated carbocycles. The standard InChI is InChI=1S/C35H36N6O6/c1-38(22-6-7-23-21(12-22)17-41(35(23)45)28-8-9-32(42)37-33(28)43)19-27-29(46-3)13-20(14-30(27)47-4)26-18-39(2)34(44)25-16-36-31(15-24(25)26)40-10-5-11-40/h6-7,12-16,18,28H,5,8-11,17,19H2,1-4H3,(H,37,42,43). The summed E-state index contributed by atoms with van der Waals surface area (Å²) >= 11 is 0. The van der Waals surface area contributed by atoms with Gasteiger partial charge in [0.05, 0.1) is 25.2 Å². The molecule has 3 aliphatic heterocycles. The molecule has 0 aliphatic carbocycles. The number of anilines is 2. The third kappa shape index (κ3) is 5.23. The number of ether oxygens (including phenoxy) is 2. The number of benzene rings is 2. The van der Waals surface area contributed by atoms with Gasteiger partial charge in [0.1, 0.15) is 23.4 Å². The number of carbonyl (C=O) groups excluding carboxylic acids is 3. The molecule has 0 bridgehead atoms. The maximum atomic E-state index is 13.2. The SMILES string of the molecule is COc1cc(-c2cn(C)c(=O)c3cnc(N4CCC4)cc23)cc(OC)c1CN(C)c1ccc2c(c1)CN(C1CCC(=O)NC1=O)C2=O. The number of fused-ring (bicyclic) bond motifs is 2. The second-order valence-corrected chi connectivity index (χ2v) is 12.3. The lowest BCUT2D eigenvalue weighted by Crippen LogP contribution is -2.52. The number of nitrogens with zero attached hydrogens (tertiary/aromatic N) is 5. The van der Waals surface area contributed by atoms with E-state index in [1.807, 2.05) is 48.5 Å². The molecule has 12 nitrogen and oxygen atoms in total. The summed E-state index contributed by atoms with van der Waals surface area (Å²) in [7, 11) is 6.93. The molecule has 2 aromatic heterocycles. The first-order chi connectivity index (χ1) is 22.7. The van der Waals surface area contributed by atoms with Crippen molar-refractivity contribution in [2.24, 2.45) is 7.05 Å². The maximum Gasteiger partial charge on any atom is 0.259 e. The molecule has 12 heteroatoms. The molecule has 0 spiro atoms. The molecule has 242 valence electrons. The van der Waals surface area contributed by atoms with Crippen molar-refractivity contribution in [3.05, 3.63) is 75.8 Å². The Morgan fingerprint density at radius 1 is 0.979 bits per heavy atom. The third-order valence-electron chi connectivity index (χ3n) is 9.50. The summed E-state index contributed by atoms with van der Waals surface area (Å²) in [4.78, 5) is 60.7. The van der Waals surface area contributed by atoms with Gasteiger partial charge in [-0.2, -0.15) is 0 Å². The van der Waals surface area contributed by atoms with E-state index in [0.29, 0.717) is 42.0 Å². The molecule has 47 heavy (non-hydrogen) atoms. The fourth-order valence-corrected chi connectivity index (χ4v) is 6.72. The van der Waals surface area contributed by atoms with Crippen LogP contribution in [0.15, 0.2) is 53.6 Å². The molecule has 2 fully saturated rings. The van der Waals surface area contributed by atoms with Crippen molar-refractivity contribution in [3.63, 3.8) is 0 Å². The molecule has 1 unspecified atom stereocenters. The number of carbonyl (C=O) groups is 3. The Bertz CT molecular complexity index is 1990. The summed E-state index contributed by atoms with van der Waals surface area (Å²) in [6.45, 7) is 2.63. The van der Waals surface area contributed by atoms with Crippen molar-refractivity contribution in [3.8, 4) is 22.6 Å². The smallest absolute Gasteiger partial charge is 0.259 e. The number of hydrogen-bond acceptors (Lipinski definition) is 9. The minimum atomic E-state index is -0.663. The summed E-state index contributed by atoms with van der Waals surface area (Å²) in [6, 6.07) is 10.9. The Balaban J connectivity index is 1.19. The molecule has 4 aromatic rings. The van der Waals surface area contributed by atoms with Crippen molar-refractivity contribution >= 4 is 40.0 Å². The minimum absolute atomic E-state index is 0.111. The predicted octanol–water partition coefficient (Wildman–Crippen LogP) is 3.23. The van der Waals surface area contributed by atoms with Crippen LogP contribution in [0, 0.1) is 0 Å². The van der Waals surface area contributed by atoms with E-state index in [4.69, 9.17) is 9.47 Å². The van der Waals surface area contributed by atoms with Gasteiger partial charge in [0.2, 0.25) is 11.8 Å². The van der Waals surface area contributed by atoms with Gasteiger partial charge in [-0.05, 0) is 60.4 Å². The lowest BCUT2D eigenvalue weighted by atomic mass is 9.98. The van der Waals surface area contributed by atoms with Crippen molar-refractivity contribution in [1.82, 2.24) is 19.8 Å². The van der Waals surface area contributed by atoms with E-state index in [9.17, 15) is 19.2 Å². The van der Waals surface area contributed by atoms with Gasteiger partial charge < -0.3 is 28.7 Å². The Kier molecular flexibility index (Phi) is 7.57. The lowest BCUT2D eigenvalue weighted by Gasteiger charge is -2.32. The fourth-order valence-electron chi connectivity index (χ4n) is 6.72. The van der Waals surface area contributed by atoms with Crippen LogP contribution in [0.1, 0.15) is 40.7 Å². The van der Waals surface area contributed by atoms with Gasteiger partial charge in [-0.1, -0.05) is 0 Å². The number of amides is 3. The first-order valence-corrected chi connectivity index (χ1v) is 15.6. The molecular weight excluding hydrogens is 600 g/mol. The number of pyridine rings is 2. The van der Waals surface area contributed by atoms with Crippen LogP contribution in [0.5, 0.6) is 11.5 Å². The number of methoxy groups -OCH3 is 2. The predicted molar refractivity (Wildman–Crippen MR) is 177 cm³/mol. The number of aryl methyl sites for hydroxylation is 1. The van der Waals surface area contributed by atoms with Crippen molar-refractivity contribution in [2.45, 2.75) is 38.4 Å². The second-order valence-electron chi connectivity index (χ2n) is 12.3. The summed E-state index contributed by atoms with van der Waals surface area (Å²) in [6.07, 6.45) is 5.16. The van der Waals surface area contributed by atoms with Crippen LogP contribution in [0.4, 0.5) is 11.5 Å². The first-order valence-electron chi connectivity index (χ1n) is 15.6. The van der Waals surface area contributed by atoms with E-state index in [1.165, 1.54) is 0 Å². The zero-order chi connectivity index (χ0) is 33.0. The number of nitrogens with one attached hydrogen (secondary N) is 1. The van der Waals surface area contributed by atoms with E-state index in [-0.39, 0.29) is 23.8 Å². The summed E-state index contributed by atoms with van der Waals surface area (Å²) in [5, 5.41) is 3.71. The number of imide groups is 1. The lowest BCUT2D eigenvalue weighted by molar-refractivity contribution is -0.136. The number of rotatable bonds is 8. The quantitative estimate of drug-likeness (QED) is 0.290. The number of hydrogen-bond donors (Lipinski definition) is 1. The molecule has 2 saturated heterocycles. The molecule has 1 N–H and O–H groups in total. The topological polar surface area (TPSA) is 126 Å². The van der Waals surface area contributed by atoms with E-state index in [2.05, 4.69) is 15.2 Å². The molecule has 2 aromatic carbocycles. The van der Waals surface area contributed by atoms with Crippen LogP contribution in [0.25, 0.3) is 21.9 Å². The van der Waals surface area contributed by atoms with E-state index >= 15 is 0 Å². The maximum absolute atomic E-state index is 13.2.